The van der Waals surface area contributed by atoms with Crippen molar-refractivity contribution in [2.24, 2.45) is 0 Å². The highest BCUT2D eigenvalue weighted by Crippen LogP contribution is 2.23. The Morgan fingerprint density at radius 1 is 1.33 bits per heavy atom. The largest absolute Gasteiger partial charge is 0.406 e. The third-order valence-corrected chi connectivity index (χ3v) is 3.54. The molecule has 0 radical (unpaired) electrons. The van der Waals surface area contributed by atoms with Gasteiger partial charge in [-0.2, -0.15) is 0 Å². The van der Waals surface area contributed by atoms with E-state index in [1.165, 1.54) is 0 Å². The first-order valence-electron chi connectivity index (χ1n) is 5.64. The van der Waals surface area contributed by atoms with Crippen molar-refractivity contribution in [2.75, 3.05) is 12.4 Å². The molecule has 0 saturated heterocycles. The fraction of sp³-hybridized carbons (Fsp3) is 0.333. The summed E-state index contributed by atoms with van der Waals surface area (Å²) in [4.78, 5) is 0. The number of aryl methyl sites for hydroxylation is 1. The van der Waals surface area contributed by atoms with Gasteiger partial charge < -0.3 is 15.1 Å². The lowest BCUT2D eigenvalue weighted by molar-refractivity contribution is 0.443. The minimum Gasteiger partial charge on any atom is -0.406 e. The van der Waals surface area contributed by atoms with E-state index in [-0.39, 0.29) is 6.04 Å². The number of nitrogens with one attached hydrogen (secondary N) is 2. The van der Waals surface area contributed by atoms with Gasteiger partial charge in [-0.25, -0.2) is 0 Å². The molecule has 0 spiro atoms. The zero-order chi connectivity index (χ0) is 13.1. The van der Waals surface area contributed by atoms with E-state index < -0.39 is 0 Å². The van der Waals surface area contributed by atoms with Crippen LogP contribution in [0.5, 0.6) is 0 Å². The second kappa shape index (κ2) is 5.49. The summed E-state index contributed by atoms with van der Waals surface area (Å²) < 4.78 is 6.58. The Bertz CT molecular complexity index is 541. The van der Waals surface area contributed by atoms with Crippen molar-refractivity contribution in [1.29, 1.82) is 0 Å². The van der Waals surface area contributed by atoms with Crippen LogP contribution in [0.2, 0.25) is 0 Å². The predicted octanol–water partition coefficient (Wildman–Crippen LogP) is 3.16. The van der Waals surface area contributed by atoms with Crippen LogP contribution < -0.4 is 10.6 Å². The number of nitrogens with zero attached hydrogens (tertiary/aromatic N) is 2. The predicted molar refractivity (Wildman–Crippen MR) is 73.9 cm³/mol. The molecule has 0 fully saturated rings. The first-order valence-corrected chi connectivity index (χ1v) is 6.43. The standard InChI is InChI=1S/C12H15BrN4O/c1-7-6-9(4-5-10(7)13)15-12-17-16-11(18-12)8(2)14-3/h4-6,8,14H,1-3H3,(H,15,17). The van der Waals surface area contributed by atoms with Crippen LogP contribution in [-0.4, -0.2) is 17.2 Å². The summed E-state index contributed by atoms with van der Waals surface area (Å²) in [5.41, 5.74) is 2.06. The van der Waals surface area contributed by atoms with Crippen LogP contribution in [0.4, 0.5) is 11.7 Å². The molecule has 0 aliphatic carbocycles. The third-order valence-electron chi connectivity index (χ3n) is 2.65. The molecule has 2 N–H and O–H groups in total. The number of benzene rings is 1. The Hall–Kier alpha value is -1.40. The van der Waals surface area contributed by atoms with E-state index in [2.05, 4.69) is 36.8 Å². The van der Waals surface area contributed by atoms with Gasteiger partial charge in [-0.1, -0.05) is 21.0 Å². The molecule has 0 aliphatic rings. The van der Waals surface area contributed by atoms with E-state index in [0.29, 0.717) is 11.9 Å². The molecular formula is C12H15BrN4O. The summed E-state index contributed by atoms with van der Waals surface area (Å²) in [6, 6.07) is 6.37. The first kappa shape index (κ1) is 13.0. The Labute approximate surface area is 114 Å². The van der Waals surface area contributed by atoms with E-state index in [4.69, 9.17) is 4.42 Å². The molecule has 0 amide bonds. The van der Waals surface area contributed by atoms with Gasteiger partial charge in [0.2, 0.25) is 5.89 Å². The van der Waals surface area contributed by atoms with Crippen molar-refractivity contribution >= 4 is 27.6 Å². The Balaban J connectivity index is 2.13. The average molecular weight is 311 g/mol. The van der Waals surface area contributed by atoms with Crippen molar-refractivity contribution in [1.82, 2.24) is 15.5 Å². The Kier molecular flexibility index (Phi) is 3.98. The van der Waals surface area contributed by atoms with Gasteiger partial charge in [0.15, 0.2) is 0 Å². The van der Waals surface area contributed by atoms with E-state index in [1.54, 1.807) is 0 Å². The van der Waals surface area contributed by atoms with E-state index in [1.807, 2.05) is 39.1 Å². The molecule has 1 aromatic heterocycles. The number of hydrogen-bond acceptors (Lipinski definition) is 5. The lowest BCUT2D eigenvalue weighted by Gasteiger charge is -2.05. The highest BCUT2D eigenvalue weighted by atomic mass is 79.9. The topological polar surface area (TPSA) is 63.0 Å². The maximum absolute atomic E-state index is 5.50. The molecule has 0 bridgehead atoms. The molecule has 2 rings (SSSR count). The second-order valence-electron chi connectivity index (χ2n) is 4.04. The minimum atomic E-state index is 0.0414. The molecule has 1 unspecified atom stereocenters. The van der Waals surface area contributed by atoms with Crippen molar-refractivity contribution in [3.05, 3.63) is 34.1 Å². The highest BCUT2D eigenvalue weighted by molar-refractivity contribution is 9.10. The van der Waals surface area contributed by atoms with Gasteiger partial charge in [0.05, 0.1) is 6.04 Å². The Morgan fingerprint density at radius 2 is 2.11 bits per heavy atom. The molecule has 96 valence electrons. The number of aromatic nitrogens is 2. The molecular weight excluding hydrogens is 296 g/mol. The summed E-state index contributed by atoms with van der Waals surface area (Å²) in [6.07, 6.45) is 0. The quantitative estimate of drug-likeness (QED) is 0.908. The molecule has 2 aromatic rings. The third kappa shape index (κ3) is 2.88. The fourth-order valence-electron chi connectivity index (χ4n) is 1.43. The van der Waals surface area contributed by atoms with Crippen molar-refractivity contribution < 1.29 is 4.42 Å². The summed E-state index contributed by atoms with van der Waals surface area (Å²) in [5, 5.41) is 14.1. The maximum atomic E-state index is 5.50. The van der Waals surface area contributed by atoms with Crippen LogP contribution in [0.25, 0.3) is 0 Å². The summed E-state index contributed by atoms with van der Waals surface area (Å²) in [5.74, 6) is 0.564. The molecule has 6 heteroatoms. The highest BCUT2D eigenvalue weighted by Gasteiger charge is 2.11. The summed E-state index contributed by atoms with van der Waals surface area (Å²) >= 11 is 3.46. The SMILES string of the molecule is CNC(C)c1nnc(Nc2ccc(Br)c(C)c2)o1. The van der Waals surface area contributed by atoms with Gasteiger partial charge in [0, 0.05) is 10.2 Å². The Morgan fingerprint density at radius 3 is 2.78 bits per heavy atom. The zero-order valence-corrected chi connectivity index (χ0v) is 12.1. The van der Waals surface area contributed by atoms with Gasteiger partial charge in [-0.15, -0.1) is 5.10 Å². The molecule has 1 heterocycles. The van der Waals surface area contributed by atoms with Gasteiger partial charge in [-0.05, 0) is 44.7 Å². The van der Waals surface area contributed by atoms with Crippen molar-refractivity contribution in [2.45, 2.75) is 19.9 Å². The number of anilines is 2. The normalized spacial score (nSPS) is 12.4. The molecule has 5 nitrogen and oxygen atoms in total. The summed E-state index contributed by atoms with van der Waals surface area (Å²) in [7, 11) is 1.85. The second-order valence-corrected chi connectivity index (χ2v) is 4.90. The lowest BCUT2D eigenvalue weighted by Crippen LogP contribution is -2.12. The van der Waals surface area contributed by atoms with Crippen LogP contribution >= 0.6 is 15.9 Å². The van der Waals surface area contributed by atoms with Crippen LogP contribution in [0.1, 0.15) is 24.4 Å². The molecule has 0 saturated carbocycles. The van der Waals surface area contributed by atoms with Crippen LogP contribution in [0, 0.1) is 6.92 Å². The molecule has 0 aliphatic heterocycles. The van der Waals surface area contributed by atoms with E-state index in [0.717, 1.165) is 15.7 Å². The first-order chi connectivity index (χ1) is 8.60. The van der Waals surface area contributed by atoms with Crippen LogP contribution in [0.3, 0.4) is 0 Å². The van der Waals surface area contributed by atoms with Crippen LogP contribution in [-0.2, 0) is 0 Å². The fourth-order valence-corrected chi connectivity index (χ4v) is 1.68. The van der Waals surface area contributed by atoms with Crippen molar-refractivity contribution in [3.63, 3.8) is 0 Å². The minimum absolute atomic E-state index is 0.0414. The molecule has 1 aromatic carbocycles. The molecule has 18 heavy (non-hydrogen) atoms. The zero-order valence-electron chi connectivity index (χ0n) is 10.5. The smallest absolute Gasteiger partial charge is 0.320 e. The van der Waals surface area contributed by atoms with Gasteiger partial charge in [0.25, 0.3) is 0 Å². The van der Waals surface area contributed by atoms with Crippen molar-refractivity contribution in [3.8, 4) is 0 Å². The summed E-state index contributed by atoms with van der Waals surface area (Å²) in [6.45, 7) is 3.98. The number of rotatable bonds is 4. The number of halogens is 1. The average Bonchev–Trinajstić information content (AvgIpc) is 2.81. The monoisotopic (exact) mass is 310 g/mol. The van der Waals surface area contributed by atoms with Gasteiger partial charge in [0.1, 0.15) is 0 Å². The van der Waals surface area contributed by atoms with Crippen LogP contribution in [0.15, 0.2) is 27.1 Å². The van der Waals surface area contributed by atoms with Gasteiger partial charge in [-0.3, -0.25) is 0 Å². The maximum Gasteiger partial charge on any atom is 0.320 e. The van der Waals surface area contributed by atoms with E-state index in [9.17, 15) is 0 Å². The number of hydrogen-bond donors (Lipinski definition) is 2. The lowest BCUT2D eigenvalue weighted by atomic mass is 10.2. The van der Waals surface area contributed by atoms with E-state index >= 15 is 0 Å². The molecule has 1 atom stereocenters. The van der Waals surface area contributed by atoms with Gasteiger partial charge >= 0.3 is 6.01 Å².